The number of benzene rings is 16. The minimum atomic E-state index is 0. The van der Waals surface area contributed by atoms with Gasteiger partial charge < -0.3 is 24.0 Å². The van der Waals surface area contributed by atoms with E-state index in [2.05, 4.69) is 288 Å². The first-order valence-electron chi connectivity index (χ1n) is 39.0. The highest BCUT2D eigenvalue weighted by Gasteiger charge is 2.37. The van der Waals surface area contributed by atoms with Gasteiger partial charge in [-0.1, -0.05) is 202 Å². The second kappa shape index (κ2) is 27.8. The number of anilines is 9. The van der Waals surface area contributed by atoms with Gasteiger partial charge in [-0.3, -0.25) is 23.0 Å². The minimum Gasteiger partial charge on any atom is -0.453 e. The molecule has 119 heavy (non-hydrogen) atoms. The summed E-state index contributed by atoms with van der Waals surface area (Å²) in [5, 5.41) is 1.87. The maximum absolute atomic E-state index is 6.63. The van der Waals surface area contributed by atoms with E-state index in [1.54, 1.807) is 22.7 Å². The minimum absolute atomic E-state index is 0. The zero-order chi connectivity index (χ0) is 77.5. The summed E-state index contributed by atoms with van der Waals surface area (Å²) in [6.07, 6.45) is 0. The molecule has 25 rings (SSSR count). The van der Waals surface area contributed by atoms with Gasteiger partial charge in [-0.2, -0.15) is 0 Å². The van der Waals surface area contributed by atoms with Crippen LogP contribution in [0.4, 0.5) is 51.2 Å². The molecular weight excluding hydrogens is 1510 g/mol. The summed E-state index contributed by atoms with van der Waals surface area (Å²) in [6, 6.07) is 130. The van der Waals surface area contributed by atoms with Crippen molar-refractivity contribution in [3.8, 4) is 95.5 Å². The van der Waals surface area contributed by atoms with Gasteiger partial charge >= 0.3 is 0 Å². The van der Waals surface area contributed by atoms with E-state index in [9.17, 15) is 0 Å². The molecule has 0 spiro atoms. The summed E-state index contributed by atoms with van der Waals surface area (Å²) in [7, 11) is 0. The molecule has 17 heteroatoms. The Hall–Kier alpha value is -15.7. The first-order valence-corrected chi connectivity index (χ1v) is 40.7. The third kappa shape index (κ3) is 11.1. The van der Waals surface area contributed by atoms with Crippen LogP contribution in [0.25, 0.3) is 131 Å². The average Bonchev–Trinajstić information content (AvgIpc) is 1.53. The van der Waals surface area contributed by atoms with Crippen molar-refractivity contribution in [2.24, 2.45) is 0 Å². The Morgan fingerprint density at radius 3 is 1.20 bits per heavy atom. The van der Waals surface area contributed by atoms with Gasteiger partial charge in [-0.05, 0) is 182 Å². The zero-order valence-corrected chi connectivity index (χ0v) is 64.3. The van der Waals surface area contributed by atoms with Crippen molar-refractivity contribution >= 4 is 144 Å². The molecule has 0 fully saturated rings. The average molecular weight is 1570 g/mol. The van der Waals surface area contributed by atoms with Gasteiger partial charge in [0.05, 0.1) is 87.8 Å². The van der Waals surface area contributed by atoms with Crippen LogP contribution in [-0.2, 0) is 0 Å². The lowest BCUT2D eigenvalue weighted by Crippen LogP contribution is -2.17. The second-order valence-corrected chi connectivity index (χ2v) is 31.2. The number of rotatable bonds is 10. The van der Waals surface area contributed by atoms with Crippen molar-refractivity contribution in [2.45, 2.75) is 7.43 Å². The van der Waals surface area contributed by atoms with Crippen LogP contribution in [0.3, 0.4) is 0 Å². The van der Waals surface area contributed by atoms with Gasteiger partial charge in [0.1, 0.15) is 43.9 Å². The van der Waals surface area contributed by atoms with Crippen molar-refractivity contribution in [1.82, 2.24) is 43.0 Å². The van der Waals surface area contributed by atoms with Crippen LogP contribution in [-0.4, -0.2) is 43.0 Å². The molecule has 0 saturated carbocycles. The van der Waals surface area contributed by atoms with Crippen LogP contribution >= 0.6 is 22.7 Å². The number of hydrogen-bond acceptors (Lipinski definition) is 13. The molecule has 0 atom stereocenters. The molecule has 0 N–H and O–H groups in total. The maximum atomic E-state index is 6.63. The van der Waals surface area contributed by atoms with Crippen molar-refractivity contribution in [2.75, 3.05) is 14.7 Å². The van der Waals surface area contributed by atoms with Crippen molar-refractivity contribution in [3.05, 3.63) is 376 Å². The Labute approximate surface area is 690 Å². The van der Waals surface area contributed by atoms with E-state index < -0.39 is 0 Å². The zero-order valence-electron chi connectivity index (χ0n) is 62.7. The number of ether oxygens (including phenoxy) is 3. The lowest BCUT2D eigenvalue weighted by atomic mass is 10.1. The van der Waals surface area contributed by atoms with Crippen LogP contribution in [0.2, 0.25) is 0 Å². The predicted molar refractivity (Wildman–Crippen MR) is 484 cm³/mol. The topological polar surface area (TPSA) is 121 Å². The van der Waals surface area contributed by atoms with Gasteiger partial charge in [0.15, 0.2) is 34.5 Å². The van der Waals surface area contributed by atoms with E-state index in [1.165, 1.54) is 0 Å². The fourth-order valence-electron chi connectivity index (χ4n) is 17.0. The lowest BCUT2D eigenvalue weighted by molar-refractivity contribution is 0.477. The van der Waals surface area contributed by atoms with E-state index in [-0.39, 0.29) is 7.43 Å². The maximum Gasteiger partial charge on any atom is 0.220 e. The molecule has 3 aliphatic rings. The molecule has 0 saturated heterocycles. The lowest BCUT2D eigenvalue weighted by Gasteiger charge is -2.33. The van der Waals surface area contributed by atoms with E-state index in [4.69, 9.17) is 39.1 Å². The predicted octanol–water partition coefficient (Wildman–Crippen LogP) is 28.0. The summed E-state index contributed by atoms with van der Waals surface area (Å²) < 4.78 is 30.4. The molecule has 15 nitrogen and oxygen atoms in total. The summed E-state index contributed by atoms with van der Waals surface area (Å²) in [4.78, 5) is 34.2. The van der Waals surface area contributed by atoms with Gasteiger partial charge in [-0.25, -0.2) is 24.9 Å². The molecular formula is C102H66N12O3S2. The highest BCUT2D eigenvalue weighted by Crippen LogP contribution is 2.58. The summed E-state index contributed by atoms with van der Waals surface area (Å²) in [6.45, 7) is 0. The van der Waals surface area contributed by atoms with Crippen molar-refractivity contribution in [1.29, 1.82) is 0 Å². The Morgan fingerprint density at radius 2 is 0.664 bits per heavy atom. The Kier molecular flexibility index (Phi) is 16.1. The molecule has 9 heterocycles. The van der Waals surface area contributed by atoms with Crippen LogP contribution in [0.15, 0.2) is 376 Å². The number of para-hydroxylation sites is 18. The van der Waals surface area contributed by atoms with E-state index in [0.29, 0.717) is 0 Å². The number of hydrogen-bond donors (Lipinski definition) is 0. The summed E-state index contributed by atoms with van der Waals surface area (Å²) in [5.41, 5.74) is 25.4. The van der Waals surface area contributed by atoms with Crippen LogP contribution < -0.4 is 28.9 Å². The standard InChI is InChI=1S/C51H31N7OS.C50H31N5O2S.CH4/c1-4-18-32(19-5-1)49-53-43-45(55(49)34-22-8-3-9-23-34)46(56-39-28-14-16-30-41(39)59-42-31-17-15-29-40(42)56)44-48(60-50(54-44)33-20-6-2-7-21-33)47(43)58-38-27-13-12-26-37(38)57-36-25-11-10-24-35(36)52-51(57)58;1-2-12-34(13-3-1)55-43-30-38-48(58-50(52-38)33-24-28-36(29-25-33)54-41-16-6-10-20-46(41)57-47-21-11-7-17-42(47)54)31-37(43)51-49(55)32-22-26-35(27-23-32)53-39-14-4-8-18-44(39)56-45-19-9-5-15-40(45)53;/h1-31H;1-31H;1H4. The monoisotopic (exact) mass is 1570 g/mol. The Morgan fingerprint density at radius 1 is 0.252 bits per heavy atom. The van der Waals surface area contributed by atoms with E-state index in [0.717, 1.165) is 217 Å². The quantitative estimate of drug-likeness (QED) is 0.130. The normalized spacial score (nSPS) is 12.5. The number of aromatic nitrogens is 9. The SMILES string of the molecule is C.c1ccc(-c2nc3c(N4c5ccccc5Oc5ccccc54)c4c(nc(-c5ccccc5)n4-c4ccccc4)c(-n4c5ccccc5n5c6ccccc6nc45)c3s2)cc1.c1ccc(-n2c(-c3ccc(N4c5ccccc5Oc5ccccc54)cc3)nc3cc4sc(-c5ccc(N6c7ccccc7Oc7ccccc76)cc5)nc4cc32)cc1. The molecule has 22 aromatic rings. The fourth-order valence-corrected chi connectivity index (χ4v) is 19.1. The number of fused-ring (bicyclic) bond motifs is 15. The molecule has 564 valence electrons. The van der Waals surface area contributed by atoms with Gasteiger partial charge in [-0.15, -0.1) is 22.7 Å². The molecule has 0 radical (unpaired) electrons. The van der Waals surface area contributed by atoms with Crippen molar-refractivity contribution in [3.63, 3.8) is 0 Å². The summed E-state index contributed by atoms with van der Waals surface area (Å²) >= 11 is 3.37. The smallest absolute Gasteiger partial charge is 0.220 e. The Balaban J connectivity index is 0.000000138. The van der Waals surface area contributed by atoms with Gasteiger partial charge in [0, 0.05) is 45.0 Å². The second-order valence-electron chi connectivity index (χ2n) is 29.1. The highest BCUT2D eigenvalue weighted by molar-refractivity contribution is 7.22. The molecule has 3 aliphatic heterocycles. The molecule has 0 amide bonds. The van der Waals surface area contributed by atoms with Crippen LogP contribution in [0, 0.1) is 0 Å². The molecule has 0 unspecified atom stereocenters. The fraction of sp³-hybridized carbons (Fsp3) is 0.00980. The molecule has 16 aromatic carbocycles. The number of nitrogens with zero attached hydrogens (tertiary/aromatic N) is 12. The van der Waals surface area contributed by atoms with Crippen LogP contribution in [0.1, 0.15) is 7.43 Å². The van der Waals surface area contributed by atoms with E-state index in [1.807, 2.05) is 121 Å². The molecule has 6 aromatic heterocycles. The van der Waals surface area contributed by atoms with Crippen molar-refractivity contribution < 1.29 is 14.2 Å². The van der Waals surface area contributed by atoms with Gasteiger partial charge in [0.25, 0.3) is 0 Å². The van der Waals surface area contributed by atoms with Gasteiger partial charge in [0.2, 0.25) is 5.78 Å². The third-order valence-corrected chi connectivity index (χ3v) is 24.4. The molecule has 0 aliphatic carbocycles. The molecule has 0 bridgehead atoms. The highest BCUT2D eigenvalue weighted by atomic mass is 32.1. The first kappa shape index (κ1) is 68.9. The first-order chi connectivity index (χ1) is 58.5. The largest absolute Gasteiger partial charge is 0.453 e. The van der Waals surface area contributed by atoms with E-state index >= 15 is 0 Å². The summed E-state index contributed by atoms with van der Waals surface area (Å²) in [5.74, 6) is 7.34. The third-order valence-electron chi connectivity index (χ3n) is 22.2. The number of thiazole rings is 2. The van der Waals surface area contributed by atoms with Crippen LogP contribution in [0.5, 0.6) is 34.5 Å². The number of imidazole rings is 4. The Bertz CT molecular complexity index is 7620.